The van der Waals surface area contributed by atoms with E-state index in [4.69, 9.17) is 26.2 Å². The highest BCUT2D eigenvalue weighted by Crippen LogP contribution is 2.35. The van der Waals surface area contributed by atoms with Crippen LogP contribution < -0.4 is 9.47 Å². The van der Waals surface area contributed by atoms with Gasteiger partial charge in [-0.3, -0.25) is 0 Å². The molecule has 0 atom stereocenters. The summed E-state index contributed by atoms with van der Waals surface area (Å²) in [5, 5.41) is 9.55. The summed E-state index contributed by atoms with van der Waals surface area (Å²) in [4.78, 5) is 11.0. The third kappa shape index (κ3) is 4.61. The quantitative estimate of drug-likeness (QED) is 0.501. The van der Waals surface area contributed by atoms with Crippen LogP contribution in [0.5, 0.6) is 11.5 Å². The minimum Gasteiger partial charge on any atom is -0.497 e. The van der Waals surface area contributed by atoms with Crippen LogP contribution in [0.2, 0.25) is 5.02 Å². The molecule has 5 heteroatoms. The molecule has 29 heavy (non-hydrogen) atoms. The Morgan fingerprint density at radius 3 is 2.24 bits per heavy atom. The van der Waals surface area contributed by atoms with Gasteiger partial charge in [-0.15, -0.1) is 0 Å². The SMILES string of the molecule is COc1ccc(-c2ccc(-c3ccc(OC)c(Cl)c3)c(C)c2)c(/C=C/C(=O)O)c1. The maximum atomic E-state index is 11.0. The van der Waals surface area contributed by atoms with E-state index in [9.17, 15) is 4.79 Å². The second-order valence-corrected chi connectivity index (χ2v) is 6.91. The molecule has 0 fully saturated rings. The van der Waals surface area contributed by atoms with Gasteiger partial charge in [-0.05, 0) is 70.6 Å². The number of halogens is 1. The van der Waals surface area contributed by atoms with Gasteiger partial charge in [-0.25, -0.2) is 4.79 Å². The van der Waals surface area contributed by atoms with Crippen LogP contribution in [-0.4, -0.2) is 25.3 Å². The molecule has 4 nitrogen and oxygen atoms in total. The molecule has 0 spiro atoms. The van der Waals surface area contributed by atoms with Gasteiger partial charge in [0, 0.05) is 6.08 Å². The maximum absolute atomic E-state index is 11.0. The fraction of sp³-hybridized carbons (Fsp3) is 0.125. The van der Waals surface area contributed by atoms with Crippen molar-refractivity contribution < 1.29 is 19.4 Å². The lowest BCUT2D eigenvalue weighted by atomic mass is 9.93. The first-order valence-electron chi connectivity index (χ1n) is 8.97. The molecule has 3 rings (SSSR count). The first-order valence-corrected chi connectivity index (χ1v) is 9.34. The van der Waals surface area contributed by atoms with E-state index in [-0.39, 0.29) is 0 Å². The van der Waals surface area contributed by atoms with E-state index in [1.54, 1.807) is 20.3 Å². The number of carboxylic acids is 1. The highest BCUT2D eigenvalue weighted by Gasteiger charge is 2.10. The lowest BCUT2D eigenvalue weighted by molar-refractivity contribution is -0.131. The van der Waals surface area contributed by atoms with Crippen molar-refractivity contribution in [3.05, 3.63) is 76.8 Å². The summed E-state index contributed by atoms with van der Waals surface area (Å²) in [5.74, 6) is 0.305. The summed E-state index contributed by atoms with van der Waals surface area (Å²) in [6, 6.07) is 17.5. The normalized spacial score (nSPS) is 10.9. The van der Waals surface area contributed by atoms with Crippen LogP contribution >= 0.6 is 11.6 Å². The molecule has 0 aromatic heterocycles. The molecule has 0 heterocycles. The van der Waals surface area contributed by atoms with Crippen molar-refractivity contribution in [2.24, 2.45) is 0 Å². The van der Waals surface area contributed by atoms with E-state index in [0.29, 0.717) is 16.5 Å². The van der Waals surface area contributed by atoms with E-state index in [1.165, 1.54) is 0 Å². The Hall–Kier alpha value is -3.24. The average molecular weight is 409 g/mol. The van der Waals surface area contributed by atoms with Crippen molar-refractivity contribution in [3.8, 4) is 33.8 Å². The van der Waals surface area contributed by atoms with Crippen LogP contribution in [0.4, 0.5) is 0 Å². The predicted octanol–water partition coefficient (Wildman–Crippen LogP) is 6.10. The third-order valence-electron chi connectivity index (χ3n) is 4.66. The summed E-state index contributed by atoms with van der Waals surface area (Å²) < 4.78 is 10.5. The summed E-state index contributed by atoms with van der Waals surface area (Å²) >= 11 is 6.28. The molecule has 0 aliphatic heterocycles. The Bertz CT molecular complexity index is 1090. The molecule has 0 aliphatic rings. The Morgan fingerprint density at radius 1 is 0.931 bits per heavy atom. The van der Waals surface area contributed by atoms with E-state index in [0.717, 1.165) is 39.5 Å². The molecular formula is C24H21ClO4. The third-order valence-corrected chi connectivity index (χ3v) is 4.96. The molecule has 3 aromatic rings. The molecule has 0 saturated carbocycles. The Labute approximate surface area is 175 Å². The van der Waals surface area contributed by atoms with Gasteiger partial charge in [0.2, 0.25) is 0 Å². The number of rotatable bonds is 6. The number of carbonyl (C=O) groups is 1. The van der Waals surface area contributed by atoms with Crippen molar-refractivity contribution in [3.63, 3.8) is 0 Å². The minimum absolute atomic E-state index is 0.560. The van der Waals surface area contributed by atoms with E-state index in [1.807, 2.05) is 55.5 Å². The molecule has 0 amide bonds. The lowest BCUT2D eigenvalue weighted by Crippen LogP contribution is -1.92. The number of methoxy groups -OCH3 is 2. The Balaban J connectivity index is 2.04. The van der Waals surface area contributed by atoms with Crippen molar-refractivity contribution in [2.75, 3.05) is 14.2 Å². The van der Waals surface area contributed by atoms with Gasteiger partial charge in [0.25, 0.3) is 0 Å². The number of ether oxygens (including phenoxy) is 2. The fourth-order valence-corrected chi connectivity index (χ4v) is 3.48. The summed E-state index contributed by atoms with van der Waals surface area (Å²) in [7, 11) is 3.17. The second-order valence-electron chi connectivity index (χ2n) is 6.50. The lowest BCUT2D eigenvalue weighted by Gasteiger charge is -2.13. The minimum atomic E-state index is -0.998. The molecule has 0 bridgehead atoms. The first kappa shape index (κ1) is 20.5. The number of carboxylic acid groups (broad SMARTS) is 1. The monoisotopic (exact) mass is 408 g/mol. The van der Waals surface area contributed by atoms with Crippen LogP contribution in [0.3, 0.4) is 0 Å². The van der Waals surface area contributed by atoms with Crippen molar-refractivity contribution in [1.29, 1.82) is 0 Å². The second kappa shape index (κ2) is 8.84. The van der Waals surface area contributed by atoms with Crippen LogP contribution in [0.25, 0.3) is 28.3 Å². The number of aryl methyl sites for hydroxylation is 1. The number of hydrogen-bond donors (Lipinski definition) is 1. The van der Waals surface area contributed by atoms with Crippen molar-refractivity contribution >= 4 is 23.6 Å². The number of benzene rings is 3. The van der Waals surface area contributed by atoms with Crippen LogP contribution in [0.1, 0.15) is 11.1 Å². The highest BCUT2D eigenvalue weighted by molar-refractivity contribution is 6.32. The van der Waals surface area contributed by atoms with Gasteiger partial charge in [-0.2, -0.15) is 0 Å². The van der Waals surface area contributed by atoms with Gasteiger partial charge in [0.1, 0.15) is 11.5 Å². The van der Waals surface area contributed by atoms with Gasteiger partial charge in [0.15, 0.2) is 0 Å². The zero-order valence-electron chi connectivity index (χ0n) is 16.4. The molecule has 0 unspecified atom stereocenters. The molecular weight excluding hydrogens is 388 g/mol. The van der Waals surface area contributed by atoms with Crippen LogP contribution in [0.15, 0.2) is 60.7 Å². The Morgan fingerprint density at radius 2 is 1.62 bits per heavy atom. The molecule has 0 radical (unpaired) electrons. The number of hydrogen-bond acceptors (Lipinski definition) is 3. The van der Waals surface area contributed by atoms with Gasteiger partial charge < -0.3 is 14.6 Å². The van der Waals surface area contributed by atoms with Gasteiger partial charge in [-0.1, -0.05) is 41.9 Å². The maximum Gasteiger partial charge on any atom is 0.328 e. The van der Waals surface area contributed by atoms with E-state index >= 15 is 0 Å². The smallest absolute Gasteiger partial charge is 0.328 e. The van der Waals surface area contributed by atoms with Gasteiger partial charge in [0.05, 0.1) is 19.2 Å². The summed E-state index contributed by atoms with van der Waals surface area (Å²) in [6.45, 7) is 2.03. The molecule has 1 N–H and O–H groups in total. The highest BCUT2D eigenvalue weighted by atomic mass is 35.5. The Kier molecular flexibility index (Phi) is 6.25. The first-order chi connectivity index (χ1) is 13.9. The van der Waals surface area contributed by atoms with Crippen molar-refractivity contribution in [2.45, 2.75) is 6.92 Å². The molecule has 0 aliphatic carbocycles. The van der Waals surface area contributed by atoms with Crippen LogP contribution in [-0.2, 0) is 4.79 Å². The largest absolute Gasteiger partial charge is 0.497 e. The van der Waals surface area contributed by atoms with Gasteiger partial charge >= 0.3 is 5.97 Å². The predicted molar refractivity (Wildman–Crippen MR) is 117 cm³/mol. The average Bonchev–Trinajstić information content (AvgIpc) is 2.71. The zero-order valence-corrected chi connectivity index (χ0v) is 17.2. The molecule has 3 aromatic carbocycles. The van der Waals surface area contributed by atoms with Crippen LogP contribution in [0, 0.1) is 6.92 Å². The van der Waals surface area contributed by atoms with E-state index < -0.39 is 5.97 Å². The van der Waals surface area contributed by atoms with Crippen molar-refractivity contribution in [1.82, 2.24) is 0 Å². The standard InChI is InChI=1S/C24H21ClO4/c1-15-12-16(4-8-20(15)18-5-10-23(29-3)22(25)14-18)21-9-7-19(28-2)13-17(21)6-11-24(26)27/h4-14H,1-3H3,(H,26,27)/b11-6+. The van der Waals surface area contributed by atoms with E-state index in [2.05, 4.69) is 6.07 Å². The summed E-state index contributed by atoms with van der Waals surface area (Å²) in [6.07, 6.45) is 2.70. The topological polar surface area (TPSA) is 55.8 Å². The zero-order chi connectivity index (χ0) is 21.0. The fourth-order valence-electron chi connectivity index (χ4n) is 3.22. The molecule has 148 valence electrons. The number of aliphatic carboxylic acids is 1. The molecule has 0 saturated heterocycles. The summed E-state index contributed by atoms with van der Waals surface area (Å²) in [5.41, 5.74) is 5.82.